The molecule has 1 amide bonds. The first-order chi connectivity index (χ1) is 10.5. The molecule has 2 aromatic carbocycles. The summed E-state index contributed by atoms with van der Waals surface area (Å²) in [7, 11) is 1.56. The molecule has 0 radical (unpaired) electrons. The Labute approximate surface area is 141 Å². The van der Waals surface area contributed by atoms with Crippen LogP contribution in [-0.4, -0.2) is 23.3 Å². The molecule has 1 N–H and O–H groups in total. The molecule has 0 aliphatic heterocycles. The lowest BCUT2D eigenvalue weighted by molar-refractivity contribution is -0.113. The zero-order valence-electron chi connectivity index (χ0n) is 11.6. The van der Waals surface area contributed by atoms with E-state index in [0.29, 0.717) is 26.4 Å². The van der Waals surface area contributed by atoms with E-state index in [1.807, 2.05) is 0 Å². The summed E-state index contributed by atoms with van der Waals surface area (Å²) in [6.07, 6.45) is 0. The summed E-state index contributed by atoms with van der Waals surface area (Å²) in [6, 6.07) is 11.5. The second-order valence-corrected chi connectivity index (χ2v) is 6.70. The van der Waals surface area contributed by atoms with Gasteiger partial charge in [-0.2, -0.15) is 0 Å². The Morgan fingerprint density at radius 1 is 1.18 bits per heavy atom. The van der Waals surface area contributed by atoms with Crippen molar-refractivity contribution in [3.05, 3.63) is 52.5 Å². The third kappa shape index (κ3) is 4.81. The van der Waals surface area contributed by atoms with E-state index in [9.17, 15) is 9.35 Å². The fraction of sp³-hybridized carbons (Fsp3) is 0.133. The van der Waals surface area contributed by atoms with Crippen molar-refractivity contribution in [2.24, 2.45) is 0 Å². The highest BCUT2D eigenvalue weighted by molar-refractivity contribution is 7.92. The Hall–Kier alpha value is -1.40. The van der Waals surface area contributed by atoms with E-state index in [-0.39, 0.29) is 11.7 Å². The van der Waals surface area contributed by atoms with Gasteiger partial charge in [0, 0.05) is 27.9 Å². The van der Waals surface area contributed by atoms with Crippen LogP contribution in [-0.2, 0) is 16.0 Å². The predicted octanol–water partition coefficient (Wildman–Crippen LogP) is 3.75. The van der Waals surface area contributed by atoms with Gasteiger partial charge in [-0.3, -0.25) is 4.79 Å². The molecule has 0 saturated heterocycles. The van der Waals surface area contributed by atoms with Crippen LogP contribution in [0.25, 0.3) is 0 Å². The van der Waals surface area contributed by atoms with Crippen LogP contribution in [0.2, 0.25) is 10.0 Å². The first-order valence-corrected chi connectivity index (χ1v) is 8.34. The monoisotopic (exact) mass is 357 g/mol. The molecule has 0 fully saturated rings. The van der Waals surface area contributed by atoms with Gasteiger partial charge in [-0.25, -0.2) is 0 Å². The number of hydrogen-bond donors (Lipinski definition) is 1. The standard InChI is InChI=1S/C15H13Cl2NO3S/c1-21-13-4-2-12(3-5-13)18-15(19)9-22(20)14-7-10(16)6-11(17)8-14/h2-8H,9H2,1H3,(H,18,19). The molecule has 0 aromatic heterocycles. The summed E-state index contributed by atoms with van der Waals surface area (Å²) in [4.78, 5) is 12.3. The van der Waals surface area contributed by atoms with Gasteiger partial charge in [-0.15, -0.1) is 0 Å². The Kier molecular flexibility index (Phi) is 5.97. The van der Waals surface area contributed by atoms with E-state index in [1.165, 1.54) is 12.1 Å². The van der Waals surface area contributed by atoms with E-state index in [4.69, 9.17) is 27.9 Å². The second-order valence-electron chi connectivity index (χ2n) is 4.37. The van der Waals surface area contributed by atoms with Crippen molar-refractivity contribution in [2.45, 2.75) is 4.90 Å². The van der Waals surface area contributed by atoms with Crippen LogP contribution in [0.4, 0.5) is 5.69 Å². The number of anilines is 1. The lowest BCUT2D eigenvalue weighted by atomic mass is 10.3. The second kappa shape index (κ2) is 7.74. The van der Waals surface area contributed by atoms with Gasteiger partial charge in [0.25, 0.3) is 5.91 Å². The average molecular weight is 358 g/mol. The van der Waals surface area contributed by atoms with Gasteiger partial charge < -0.3 is 14.6 Å². The summed E-state index contributed by atoms with van der Waals surface area (Å²) >= 11 is 10.2. The molecular formula is C15H13Cl2NO3S. The highest BCUT2D eigenvalue weighted by Crippen LogP contribution is 2.23. The van der Waals surface area contributed by atoms with Crippen molar-refractivity contribution in [1.29, 1.82) is 0 Å². The van der Waals surface area contributed by atoms with Gasteiger partial charge in [0.2, 0.25) is 0 Å². The number of hydrogen-bond acceptors (Lipinski definition) is 3. The van der Waals surface area contributed by atoms with Gasteiger partial charge in [0.05, 0.1) is 7.11 Å². The molecule has 0 aliphatic rings. The molecule has 0 aliphatic carbocycles. The van der Waals surface area contributed by atoms with Crippen LogP contribution in [0.5, 0.6) is 5.75 Å². The lowest BCUT2D eigenvalue weighted by Crippen LogP contribution is -2.23. The van der Waals surface area contributed by atoms with Crippen molar-refractivity contribution in [1.82, 2.24) is 0 Å². The predicted molar refractivity (Wildman–Crippen MR) is 89.4 cm³/mol. The molecule has 7 heteroatoms. The molecule has 0 spiro atoms. The fourth-order valence-corrected chi connectivity index (χ4v) is 3.38. The summed E-state index contributed by atoms with van der Waals surface area (Å²) < 4.78 is 17.2. The zero-order chi connectivity index (χ0) is 16.1. The van der Waals surface area contributed by atoms with Gasteiger partial charge in [-0.1, -0.05) is 23.2 Å². The van der Waals surface area contributed by atoms with Crippen LogP contribution in [0.1, 0.15) is 0 Å². The molecule has 0 saturated carbocycles. The van der Waals surface area contributed by atoms with Gasteiger partial charge in [0.1, 0.15) is 5.75 Å². The highest BCUT2D eigenvalue weighted by Gasteiger charge is 2.18. The molecule has 2 rings (SSSR count). The van der Waals surface area contributed by atoms with Crippen molar-refractivity contribution < 1.29 is 14.1 Å². The topological polar surface area (TPSA) is 61.4 Å². The van der Waals surface area contributed by atoms with Crippen LogP contribution >= 0.6 is 23.2 Å². The van der Waals surface area contributed by atoms with E-state index in [0.717, 1.165) is 0 Å². The number of amides is 1. The SMILES string of the molecule is COc1ccc(NC(=O)C[S+]([O-])c2cc(Cl)cc(Cl)c2)cc1. The molecule has 22 heavy (non-hydrogen) atoms. The molecule has 1 unspecified atom stereocenters. The Morgan fingerprint density at radius 2 is 1.77 bits per heavy atom. The van der Waals surface area contributed by atoms with Gasteiger partial charge in [0.15, 0.2) is 10.6 Å². The number of nitrogens with one attached hydrogen (secondary N) is 1. The maximum Gasteiger partial charge on any atom is 0.274 e. The summed E-state index contributed by atoms with van der Waals surface area (Å²) in [6.45, 7) is 0. The number of ether oxygens (including phenoxy) is 1. The van der Waals surface area contributed by atoms with Crippen LogP contribution in [0.15, 0.2) is 47.4 Å². The third-order valence-electron chi connectivity index (χ3n) is 2.73. The normalized spacial score (nSPS) is 11.8. The minimum atomic E-state index is -1.52. The zero-order valence-corrected chi connectivity index (χ0v) is 14.0. The van der Waals surface area contributed by atoms with E-state index >= 15 is 0 Å². The molecule has 4 nitrogen and oxygen atoms in total. The average Bonchev–Trinajstić information content (AvgIpc) is 2.47. The van der Waals surface area contributed by atoms with Crippen molar-refractivity contribution in [3.63, 3.8) is 0 Å². The van der Waals surface area contributed by atoms with Crippen LogP contribution in [0, 0.1) is 0 Å². The summed E-state index contributed by atoms with van der Waals surface area (Å²) in [5, 5.41) is 3.43. The number of halogens is 2. The van der Waals surface area contributed by atoms with E-state index in [2.05, 4.69) is 5.32 Å². The maximum atomic E-state index is 12.2. The third-order valence-corrected chi connectivity index (χ3v) is 4.46. The Morgan fingerprint density at radius 3 is 2.32 bits per heavy atom. The highest BCUT2D eigenvalue weighted by atomic mass is 35.5. The van der Waals surface area contributed by atoms with Crippen molar-refractivity contribution in [3.8, 4) is 5.75 Å². The first-order valence-electron chi connectivity index (χ1n) is 6.26. The Balaban J connectivity index is 1.98. The minimum Gasteiger partial charge on any atom is -0.611 e. The summed E-state index contributed by atoms with van der Waals surface area (Å²) in [5.74, 6) is 0.151. The minimum absolute atomic E-state index is 0.178. The number of carbonyl (C=O) groups is 1. The number of rotatable bonds is 5. The molecule has 0 heterocycles. The van der Waals surface area contributed by atoms with Gasteiger partial charge in [-0.05, 0) is 41.5 Å². The smallest absolute Gasteiger partial charge is 0.274 e. The molecular weight excluding hydrogens is 345 g/mol. The first kappa shape index (κ1) is 17.0. The van der Waals surface area contributed by atoms with E-state index < -0.39 is 11.2 Å². The molecule has 1 atom stereocenters. The number of methoxy groups -OCH3 is 1. The fourth-order valence-electron chi connectivity index (χ4n) is 1.73. The quantitative estimate of drug-likeness (QED) is 0.828. The van der Waals surface area contributed by atoms with Crippen LogP contribution in [0.3, 0.4) is 0 Å². The molecule has 116 valence electrons. The van der Waals surface area contributed by atoms with Crippen LogP contribution < -0.4 is 10.1 Å². The maximum absolute atomic E-state index is 12.2. The largest absolute Gasteiger partial charge is 0.611 e. The molecule has 2 aromatic rings. The number of carbonyl (C=O) groups excluding carboxylic acids is 1. The summed E-state index contributed by atoms with van der Waals surface area (Å²) in [5.41, 5.74) is 0.604. The van der Waals surface area contributed by atoms with Crippen molar-refractivity contribution >= 4 is 46.0 Å². The van der Waals surface area contributed by atoms with E-state index in [1.54, 1.807) is 37.4 Å². The molecule has 0 bridgehead atoms. The van der Waals surface area contributed by atoms with Crippen molar-refractivity contribution in [2.75, 3.05) is 18.2 Å². The van der Waals surface area contributed by atoms with Gasteiger partial charge >= 0.3 is 0 Å². The Bertz CT molecular complexity index is 644. The number of benzene rings is 2. The lowest BCUT2D eigenvalue weighted by Gasteiger charge is -2.11.